The third-order valence-corrected chi connectivity index (χ3v) is 3.63. The van der Waals surface area contributed by atoms with Gasteiger partial charge in [-0.2, -0.15) is 0 Å². The molecule has 1 aliphatic rings. The Bertz CT molecular complexity index is 288. The van der Waals surface area contributed by atoms with E-state index in [1.807, 2.05) is 0 Å². The van der Waals surface area contributed by atoms with Crippen LogP contribution in [0.25, 0.3) is 0 Å². The van der Waals surface area contributed by atoms with Crippen LogP contribution in [0.1, 0.15) is 27.7 Å². The Morgan fingerprint density at radius 3 is 2.11 bits per heavy atom. The van der Waals surface area contributed by atoms with Crippen molar-refractivity contribution in [1.29, 1.82) is 0 Å². The minimum Gasteiger partial charge on any atom is -0.353 e. The zero-order chi connectivity index (χ0) is 14.0. The number of carbonyl (C=O) groups is 1. The Kier molecular flexibility index (Phi) is 4.75. The molecule has 1 fully saturated rings. The number of carbonyl (C=O) groups excluding carboxylic acids is 1. The molecule has 0 bridgehead atoms. The molecule has 0 saturated carbocycles. The van der Waals surface area contributed by atoms with E-state index >= 15 is 0 Å². The van der Waals surface area contributed by atoms with Crippen molar-refractivity contribution < 1.29 is 4.79 Å². The molecule has 0 unspecified atom stereocenters. The lowest BCUT2D eigenvalue weighted by Crippen LogP contribution is -2.60. The van der Waals surface area contributed by atoms with Crippen LogP contribution >= 0.6 is 0 Å². The van der Waals surface area contributed by atoms with Crippen molar-refractivity contribution in [2.24, 2.45) is 5.73 Å². The molecule has 106 valence electrons. The van der Waals surface area contributed by atoms with E-state index in [0.29, 0.717) is 6.54 Å². The summed E-state index contributed by atoms with van der Waals surface area (Å²) in [4.78, 5) is 16.5. The largest absolute Gasteiger partial charge is 0.353 e. The molecule has 0 aromatic rings. The highest BCUT2D eigenvalue weighted by Crippen LogP contribution is 2.15. The number of hydrogen-bond donors (Lipinski definition) is 2. The van der Waals surface area contributed by atoms with Crippen molar-refractivity contribution in [2.75, 3.05) is 39.8 Å². The van der Waals surface area contributed by atoms with Gasteiger partial charge >= 0.3 is 0 Å². The van der Waals surface area contributed by atoms with Gasteiger partial charge in [0.1, 0.15) is 0 Å². The maximum atomic E-state index is 11.8. The molecule has 0 atom stereocenters. The molecule has 1 aliphatic heterocycles. The number of rotatable bonds is 4. The highest BCUT2D eigenvalue weighted by molar-refractivity contribution is 5.85. The number of piperazine rings is 1. The molecule has 1 saturated heterocycles. The van der Waals surface area contributed by atoms with E-state index in [0.717, 1.165) is 26.2 Å². The van der Waals surface area contributed by atoms with E-state index in [2.05, 4.69) is 36.0 Å². The Morgan fingerprint density at radius 2 is 1.67 bits per heavy atom. The number of amides is 1. The standard InChI is InChI=1S/C13H28N4O/c1-12(2,10-15-11(18)13(3,4)14)17-8-6-16(5)7-9-17/h6-10,14H2,1-5H3,(H,15,18). The van der Waals surface area contributed by atoms with Crippen molar-refractivity contribution in [1.82, 2.24) is 15.1 Å². The summed E-state index contributed by atoms with van der Waals surface area (Å²) >= 11 is 0. The third kappa shape index (κ3) is 4.23. The van der Waals surface area contributed by atoms with Crippen LogP contribution in [0.5, 0.6) is 0 Å². The van der Waals surface area contributed by atoms with Crippen molar-refractivity contribution in [2.45, 2.75) is 38.8 Å². The second-order valence-corrected chi connectivity index (χ2v) is 6.51. The smallest absolute Gasteiger partial charge is 0.239 e. The molecule has 0 spiro atoms. The summed E-state index contributed by atoms with van der Waals surface area (Å²) in [6.07, 6.45) is 0. The molecule has 1 heterocycles. The predicted octanol–water partition coefficient (Wildman–Crippen LogP) is -0.134. The summed E-state index contributed by atoms with van der Waals surface area (Å²) in [5.74, 6) is -0.0929. The van der Waals surface area contributed by atoms with Crippen molar-refractivity contribution in [3.63, 3.8) is 0 Å². The van der Waals surface area contributed by atoms with E-state index in [-0.39, 0.29) is 11.4 Å². The van der Waals surface area contributed by atoms with Crippen LogP contribution in [0.2, 0.25) is 0 Å². The predicted molar refractivity (Wildman–Crippen MR) is 74.4 cm³/mol. The SMILES string of the molecule is CN1CCN(C(C)(C)CNC(=O)C(C)(C)N)CC1. The fraction of sp³-hybridized carbons (Fsp3) is 0.923. The third-order valence-electron chi connectivity index (χ3n) is 3.63. The molecule has 0 aromatic carbocycles. The van der Waals surface area contributed by atoms with Gasteiger partial charge in [0, 0.05) is 38.3 Å². The van der Waals surface area contributed by atoms with E-state index in [4.69, 9.17) is 5.73 Å². The Hall–Kier alpha value is -0.650. The first-order chi connectivity index (χ1) is 8.13. The normalized spacial score (nSPS) is 19.9. The zero-order valence-corrected chi connectivity index (χ0v) is 12.4. The average molecular weight is 256 g/mol. The van der Waals surface area contributed by atoms with Crippen LogP contribution in [0.4, 0.5) is 0 Å². The maximum Gasteiger partial charge on any atom is 0.239 e. The van der Waals surface area contributed by atoms with Crippen molar-refractivity contribution in [3.05, 3.63) is 0 Å². The van der Waals surface area contributed by atoms with Crippen LogP contribution in [0.3, 0.4) is 0 Å². The van der Waals surface area contributed by atoms with E-state index in [1.165, 1.54) is 0 Å². The Labute approximate surface area is 111 Å². The number of likely N-dealkylation sites (N-methyl/N-ethyl adjacent to an activating group) is 1. The molecular weight excluding hydrogens is 228 g/mol. The van der Waals surface area contributed by atoms with Gasteiger partial charge in [-0.25, -0.2) is 0 Å². The summed E-state index contributed by atoms with van der Waals surface area (Å²) in [5, 5.41) is 2.95. The highest BCUT2D eigenvalue weighted by atomic mass is 16.2. The lowest BCUT2D eigenvalue weighted by molar-refractivity contribution is -0.125. The van der Waals surface area contributed by atoms with E-state index in [1.54, 1.807) is 13.8 Å². The van der Waals surface area contributed by atoms with Gasteiger partial charge < -0.3 is 16.0 Å². The minimum atomic E-state index is -0.807. The summed E-state index contributed by atoms with van der Waals surface area (Å²) in [7, 11) is 2.14. The lowest BCUT2D eigenvalue weighted by Gasteiger charge is -2.43. The van der Waals surface area contributed by atoms with Crippen LogP contribution in [0, 0.1) is 0 Å². The maximum absolute atomic E-state index is 11.8. The molecule has 1 amide bonds. The fourth-order valence-electron chi connectivity index (χ4n) is 2.05. The average Bonchev–Trinajstić information content (AvgIpc) is 2.25. The number of hydrogen-bond acceptors (Lipinski definition) is 4. The molecule has 5 heteroatoms. The summed E-state index contributed by atoms with van der Waals surface area (Å²) < 4.78 is 0. The molecule has 1 rings (SSSR count). The number of nitrogens with zero attached hydrogens (tertiary/aromatic N) is 2. The topological polar surface area (TPSA) is 61.6 Å². The van der Waals surface area contributed by atoms with Crippen LogP contribution in [-0.2, 0) is 4.79 Å². The van der Waals surface area contributed by atoms with Crippen LogP contribution < -0.4 is 11.1 Å². The quantitative estimate of drug-likeness (QED) is 0.735. The Morgan fingerprint density at radius 1 is 1.17 bits per heavy atom. The highest BCUT2D eigenvalue weighted by Gasteiger charge is 2.31. The summed E-state index contributed by atoms with van der Waals surface area (Å²) in [6, 6.07) is 0. The van der Waals surface area contributed by atoms with Gasteiger partial charge in [0.15, 0.2) is 0 Å². The van der Waals surface area contributed by atoms with Gasteiger partial charge in [-0.15, -0.1) is 0 Å². The number of nitrogens with one attached hydrogen (secondary N) is 1. The van der Waals surface area contributed by atoms with Crippen molar-refractivity contribution >= 4 is 5.91 Å². The first kappa shape index (κ1) is 15.4. The van der Waals surface area contributed by atoms with E-state index < -0.39 is 5.54 Å². The first-order valence-corrected chi connectivity index (χ1v) is 6.64. The molecular formula is C13H28N4O. The molecule has 18 heavy (non-hydrogen) atoms. The van der Waals surface area contributed by atoms with Crippen LogP contribution in [0.15, 0.2) is 0 Å². The lowest BCUT2D eigenvalue weighted by atomic mass is 10.00. The van der Waals surface area contributed by atoms with Gasteiger partial charge in [0.2, 0.25) is 5.91 Å². The van der Waals surface area contributed by atoms with E-state index in [9.17, 15) is 4.79 Å². The van der Waals surface area contributed by atoms with Gasteiger partial charge in [-0.3, -0.25) is 9.69 Å². The zero-order valence-electron chi connectivity index (χ0n) is 12.4. The summed E-state index contributed by atoms with van der Waals surface area (Å²) in [6.45, 7) is 12.7. The molecule has 3 N–H and O–H groups in total. The first-order valence-electron chi connectivity index (χ1n) is 6.64. The van der Waals surface area contributed by atoms with Gasteiger partial charge in [0.25, 0.3) is 0 Å². The van der Waals surface area contributed by atoms with Gasteiger partial charge in [-0.05, 0) is 34.7 Å². The van der Waals surface area contributed by atoms with Gasteiger partial charge in [0.05, 0.1) is 5.54 Å². The second-order valence-electron chi connectivity index (χ2n) is 6.51. The molecule has 0 radical (unpaired) electrons. The molecule has 0 aromatic heterocycles. The van der Waals surface area contributed by atoms with Crippen LogP contribution in [-0.4, -0.2) is 66.6 Å². The summed E-state index contributed by atoms with van der Waals surface area (Å²) in [5.41, 5.74) is 4.94. The molecule has 0 aliphatic carbocycles. The molecule has 5 nitrogen and oxygen atoms in total. The number of nitrogens with two attached hydrogens (primary N) is 1. The Balaban J connectivity index is 2.47. The second kappa shape index (κ2) is 5.55. The monoisotopic (exact) mass is 256 g/mol. The minimum absolute atomic E-state index is 0.0256. The fourth-order valence-corrected chi connectivity index (χ4v) is 2.05. The van der Waals surface area contributed by atoms with Gasteiger partial charge in [-0.1, -0.05) is 0 Å². The van der Waals surface area contributed by atoms with Crippen molar-refractivity contribution in [3.8, 4) is 0 Å².